The lowest BCUT2D eigenvalue weighted by atomic mass is 10.2. The van der Waals surface area contributed by atoms with Crippen LogP contribution in [0, 0.1) is 11.6 Å². The van der Waals surface area contributed by atoms with Crippen LogP contribution in [0.15, 0.2) is 43.1 Å². The maximum absolute atomic E-state index is 13.5. The highest BCUT2D eigenvalue weighted by Gasteiger charge is 2.12. The van der Waals surface area contributed by atoms with Crippen LogP contribution < -0.4 is 10.1 Å². The number of nitrogens with zero attached hydrogens (tertiary/aromatic N) is 2. The van der Waals surface area contributed by atoms with Crippen molar-refractivity contribution in [1.82, 2.24) is 9.97 Å². The van der Waals surface area contributed by atoms with E-state index in [0.717, 1.165) is 6.20 Å². The minimum absolute atomic E-state index is 0.0214. The highest BCUT2D eigenvalue weighted by Crippen LogP contribution is 2.15. The highest BCUT2D eigenvalue weighted by atomic mass is 19.1. The third-order valence-electron chi connectivity index (χ3n) is 2.56. The second-order valence-electron chi connectivity index (χ2n) is 4.28. The van der Waals surface area contributed by atoms with Crippen molar-refractivity contribution in [3.63, 3.8) is 0 Å². The maximum atomic E-state index is 13.5. The molecule has 0 saturated heterocycles. The number of ether oxygens (including phenoxy) is 2. The molecule has 23 heavy (non-hydrogen) atoms. The molecule has 0 radical (unpaired) electrons. The molecule has 0 aliphatic carbocycles. The Balaban J connectivity index is 2.00. The van der Waals surface area contributed by atoms with E-state index in [1.807, 2.05) is 0 Å². The molecule has 0 bridgehead atoms. The van der Waals surface area contributed by atoms with Gasteiger partial charge in [0.15, 0.2) is 11.6 Å². The fourth-order valence-electron chi connectivity index (χ4n) is 1.50. The summed E-state index contributed by atoms with van der Waals surface area (Å²) in [5.74, 6) is -1.57. The van der Waals surface area contributed by atoms with Crippen molar-refractivity contribution < 1.29 is 23.0 Å². The minimum atomic E-state index is -0.882. The average Bonchev–Trinajstić information content (AvgIpc) is 2.55. The largest absolute Gasteiger partial charge is 0.459 e. The van der Waals surface area contributed by atoms with Gasteiger partial charge in [-0.1, -0.05) is 24.8 Å². The van der Waals surface area contributed by atoms with Crippen LogP contribution in [-0.4, -0.2) is 22.7 Å². The lowest BCUT2D eigenvalue weighted by molar-refractivity contribution is 0.174. The summed E-state index contributed by atoms with van der Waals surface area (Å²) < 4.78 is 36.3. The van der Waals surface area contributed by atoms with E-state index < -0.39 is 11.9 Å². The smallest absolute Gasteiger partial charge is 0.413 e. The number of hydrogen-bond donors (Lipinski definition) is 1. The van der Waals surface area contributed by atoms with E-state index >= 15 is 0 Å². The number of carbonyl (C=O) groups excluding carboxylic acids is 1. The Bertz CT molecular complexity index is 693. The van der Waals surface area contributed by atoms with E-state index in [1.54, 1.807) is 0 Å². The van der Waals surface area contributed by atoms with Gasteiger partial charge in [-0.05, 0) is 17.7 Å². The Morgan fingerprint density at radius 3 is 2.74 bits per heavy atom. The molecule has 1 aromatic heterocycles. The van der Waals surface area contributed by atoms with Gasteiger partial charge in [-0.3, -0.25) is 5.32 Å². The summed E-state index contributed by atoms with van der Waals surface area (Å²) in [7, 11) is 0. The van der Waals surface area contributed by atoms with Gasteiger partial charge in [-0.15, -0.1) is 0 Å². The van der Waals surface area contributed by atoms with Crippen molar-refractivity contribution in [1.29, 1.82) is 0 Å². The van der Waals surface area contributed by atoms with Crippen LogP contribution in [-0.2, 0) is 11.3 Å². The second kappa shape index (κ2) is 7.83. The molecule has 0 unspecified atom stereocenters. The summed E-state index contributed by atoms with van der Waals surface area (Å²) in [4.78, 5) is 18.7. The number of halogens is 2. The zero-order chi connectivity index (χ0) is 16.7. The number of carbonyl (C=O) groups is 1. The molecule has 1 amide bonds. The quantitative estimate of drug-likeness (QED) is 0.828. The van der Waals surface area contributed by atoms with Crippen molar-refractivity contribution in [3.8, 4) is 6.01 Å². The third kappa shape index (κ3) is 5.03. The van der Waals surface area contributed by atoms with Crippen molar-refractivity contribution >= 4 is 11.9 Å². The fourth-order valence-corrected chi connectivity index (χ4v) is 1.50. The molecule has 6 nitrogen and oxygen atoms in total. The first-order chi connectivity index (χ1) is 11.1. The predicted octanol–water partition coefficient (Wildman–Crippen LogP) is 3.07. The van der Waals surface area contributed by atoms with Crippen molar-refractivity contribution in [2.45, 2.75) is 6.61 Å². The Hall–Kier alpha value is -3.03. The molecule has 120 valence electrons. The van der Waals surface area contributed by atoms with Gasteiger partial charge in [0.1, 0.15) is 19.0 Å². The van der Waals surface area contributed by atoms with E-state index in [2.05, 4.69) is 26.6 Å². The molecule has 1 N–H and O–H groups in total. The molecule has 0 aliphatic rings. The highest BCUT2D eigenvalue weighted by molar-refractivity contribution is 5.83. The predicted molar refractivity (Wildman–Crippen MR) is 77.9 cm³/mol. The van der Waals surface area contributed by atoms with E-state index in [0.29, 0.717) is 5.56 Å². The lowest BCUT2D eigenvalue weighted by Crippen LogP contribution is -2.16. The molecular formula is C15H13F2N3O3. The van der Waals surface area contributed by atoms with E-state index in [4.69, 9.17) is 4.74 Å². The van der Waals surface area contributed by atoms with E-state index in [1.165, 1.54) is 30.3 Å². The summed E-state index contributed by atoms with van der Waals surface area (Å²) in [5, 5.41) is 2.13. The first-order valence-electron chi connectivity index (χ1n) is 6.53. The first kappa shape index (κ1) is 16.3. The van der Waals surface area contributed by atoms with Crippen LogP contribution in [0.1, 0.15) is 5.56 Å². The number of aromatic nitrogens is 2. The standard InChI is InChI=1S/C15H13F2N3O3/c1-2-7-22-15(21)20-13-12(17)8-18-14(19-13)23-9-10-3-5-11(16)6-4-10/h2-6,8H,1,7,9H2,(H,18,19,20,21). The Morgan fingerprint density at radius 2 is 2.04 bits per heavy atom. The first-order valence-corrected chi connectivity index (χ1v) is 6.53. The molecule has 0 saturated carbocycles. The van der Waals surface area contributed by atoms with Gasteiger partial charge in [0.2, 0.25) is 0 Å². The molecule has 0 atom stereocenters. The van der Waals surface area contributed by atoms with Crippen LogP contribution in [0.5, 0.6) is 6.01 Å². The number of rotatable bonds is 6. The molecule has 1 heterocycles. The normalized spacial score (nSPS) is 10.0. The lowest BCUT2D eigenvalue weighted by Gasteiger charge is -2.08. The molecule has 0 aliphatic heterocycles. The molecule has 0 fully saturated rings. The zero-order valence-corrected chi connectivity index (χ0v) is 12.0. The Morgan fingerprint density at radius 1 is 1.30 bits per heavy atom. The van der Waals surface area contributed by atoms with Crippen molar-refractivity contribution in [2.24, 2.45) is 0 Å². The van der Waals surface area contributed by atoms with Gasteiger partial charge in [0, 0.05) is 0 Å². The molecule has 8 heteroatoms. The van der Waals surface area contributed by atoms with Crippen LogP contribution in [0.3, 0.4) is 0 Å². The summed E-state index contributed by atoms with van der Waals surface area (Å²) in [6, 6.07) is 5.49. The maximum Gasteiger partial charge on any atom is 0.413 e. The number of anilines is 1. The Kier molecular flexibility index (Phi) is 5.56. The zero-order valence-electron chi connectivity index (χ0n) is 12.0. The molecular weight excluding hydrogens is 308 g/mol. The van der Waals surface area contributed by atoms with Gasteiger partial charge in [0.25, 0.3) is 0 Å². The number of amides is 1. The van der Waals surface area contributed by atoms with Crippen molar-refractivity contribution in [3.05, 3.63) is 60.3 Å². The topological polar surface area (TPSA) is 73.3 Å². The molecule has 2 aromatic rings. The van der Waals surface area contributed by atoms with Crippen molar-refractivity contribution in [2.75, 3.05) is 11.9 Å². The summed E-state index contributed by atoms with van der Waals surface area (Å²) in [5.41, 5.74) is 0.680. The summed E-state index contributed by atoms with van der Waals surface area (Å²) in [6.07, 6.45) is 1.34. The Labute approximate surface area is 130 Å². The van der Waals surface area contributed by atoms with Crippen LogP contribution in [0.2, 0.25) is 0 Å². The van der Waals surface area contributed by atoms with Crippen LogP contribution in [0.25, 0.3) is 0 Å². The average molecular weight is 321 g/mol. The van der Waals surface area contributed by atoms with E-state index in [-0.39, 0.29) is 30.9 Å². The number of hydrogen-bond acceptors (Lipinski definition) is 5. The van der Waals surface area contributed by atoms with Gasteiger partial charge >= 0.3 is 12.1 Å². The molecule has 0 spiro atoms. The minimum Gasteiger partial charge on any atom is -0.459 e. The summed E-state index contributed by atoms with van der Waals surface area (Å²) in [6.45, 7) is 3.42. The fraction of sp³-hybridized carbons (Fsp3) is 0.133. The second-order valence-corrected chi connectivity index (χ2v) is 4.28. The molecule has 2 rings (SSSR count). The SMILES string of the molecule is C=CCOC(=O)Nc1nc(OCc2ccc(F)cc2)ncc1F. The van der Waals surface area contributed by atoms with E-state index in [9.17, 15) is 13.6 Å². The number of benzene rings is 1. The number of nitrogens with one attached hydrogen (secondary N) is 1. The van der Waals surface area contributed by atoms with Crippen LogP contribution in [0.4, 0.5) is 19.4 Å². The molecule has 1 aromatic carbocycles. The monoisotopic (exact) mass is 321 g/mol. The van der Waals surface area contributed by atoms with Gasteiger partial charge < -0.3 is 9.47 Å². The third-order valence-corrected chi connectivity index (χ3v) is 2.56. The van der Waals surface area contributed by atoms with Gasteiger partial charge in [0.05, 0.1) is 6.20 Å². The van der Waals surface area contributed by atoms with Gasteiger partial charge in [-0.25, -0.2) is 18.6 Å². The van der Waals surface area contributed by atoms with Crippen LogP contribution >= 0.6 is 0 Å². The summed E-state index contributed by atoms with van der Waals surface area (Å²) >= 11 is 0. The van der Waals surface area contributed by atoms with Gasteiger partial charge in [-0.2, -0.15) is 4.98 Å².